The summed E-state index contributed by atoms with van der Waals surface area (Å²) in [6, 6.07) is 22.5. The minimum atomic E-state index is -0.939. The Balaban J connectivity index is 1.56. The molecule has 0 heterocycles. The lowest BCUT2D eigenvalue weighted by atomic mass is 10.1. The number of ether oxygens (including phenoxy) is 2. The van der Waals surface area contributed by atoms with E-state index >= 15 is 0 Å². The highest BCUT2D eigenvalue weighted by atomic mass is 16.6. The van der Waals surface area contributed by atoms with Crippen molar-refractivity contribution in [2.45, 2.75) is 26.1 Å². The van der Waals surface area contributed by atoms with Crippen LogP contribution in [0.5, 0.6) is 5.75 Å². The molecule has 138 valence electrons. The Hall–Kier alpha value is -3.34. The van der Waals surface area contributed by atoms with E-state index in [1.54, 1.807) is 19.1 Å². The normalized spacial score (nSPS) is 12.8. The fourth-order valence-corrected chi connectivity index (χ4v) is 2.59. The Morgan fingerprint density at radius 2 is 1.48 bits per heavy atom. The monoisotopic (exact) mass is 363 g/mol. The lowest BCUT2D eigenvalue weighted by Crippen LogP contribution is -2.35. The van der Waals surface area contributed by atoms with Crippen LogP contribution in [0.1, 0.15) is 13.8 Å². The van der Waals surface area contributed by atoms with Crippen molar-refractivity contribution in [2.24, 2.45) is 0 Å². The Morgan fingerprint density at radius 1 is 0.815 bits per heavy atom. The SMILES string of the molecule is C[C@H](OC(=O)[C@@H](C)Oc1ccccc1)C(=O)Nc1ccc2ccccc2c1. The first kappa shape index (κ1) is 18.5. The van der Waals surface area contributed by atoms with Crippen molar-refractivity contribution >= 4 is 28.3 Å². The predicted molar refractivity (Wildman–Crippen MR) is 105 cm³/mol. The van der Waals surface area contributed by atoms with Crippen molar-refractivity contribution in [2.75, 3.05) is 5.32 Å². The van der Waals surface area contributed by atoms with Gasteiger partial charge in [0.15, 0.2) is 12.2 Å². The first-order valence-corrected chi connectivity index (χ1v) is 8.75. The summed E-state index contributed by atoms with van der Waals surface area (Å²) in [5.41, 5.74) is 0.648. The van der Waals surface area contributed by atoms with Gasteiger partial charge in [-0.3, -0.25) is 4.79 Å². The number of esters is 1. The van der Waals surface area contributed by atoms with E-state index in [9.17, 15) is 9.59 Å². The van der Waals surface area contributed by atoms with Crippen molar-refractivity contribution in [3.05, 3.63) is 72.8 Å². The van der Waals surface area contributed by atoms with Gasteiger partial charge in [0.05, 0.1) is 0 Å². The molecule has 0 aliphatic rings. The highest BCUT2D eigenvalue weighted by Crippen LogP contribution is 2.19. The lowest BCUT2D eigenvalue weighted by molar-refractivity contribution is -0.159. The van der Waals surface area contributed by atoms with Crippen molar-refractivity contribution in [3.63, 3.8) is 0 Å². The molecule has 0 aromatic heterocycles. The maximum absolute atomic E-state index is 12.3. The van der Waals surface area contributed by atoms with E-state index in [0.717, 1.165) is 10.8 Å². The molecule has 0 bridgehead atoms. The van der Waals surface area contributed by atoms with Gasteiger partial charge in [0.1, 0.15) is 5.75 Å². The molecule has 27 heavy (non-hydrogen) atoms. The van der Waals surface area contributed by atoms with Gasteiger partial charge < -0.3 is 14.8 Å². The van der Waals surface area contributed by atoms with Crippen molar-refractivity contribution < 1.29 is 19.1 Å². The van der Waals surface area contributed by atoms with Crippen LogP contribution in [0.15, 0.2) is 72.8 Å². The summed E-state index contributed by atoms with van der Waals surface area (Å²) in [4.78, 5) is 24.5. The number of carbonyl (C=O) groups is 2. The molecule has 2 atom stereocenters. The quantitative estimate of drug-likeness (QED) is 0.668. The van der Waals surface area contributed by atoms with Crippen LogP contribution in [-0.2, 0) is 14.3 Å². The van der Waals surface area contributed by atoms with Gasteiger partial charge in [-0.15, -0.1) is 0 Å². The van der Waals surface area contributed by atoms with Gasteiger partial charge in [-0.25, -0.2) is 4.79 Å². The highest BCUT2D eigenvalue weighted by molar-refractivity contribution is 5.97. The fraction of sp³-hybridized carbons (Fsp3) is 0.182. The lowest BCUT2D eigenvalue weighted by Gasteiger charge is -2.18. The summed E-state index contributed by atoms with van der Waals surface area (Å²) in [6.07, 6.45) is -1.76. The number of fused-ring (bicyclic) bond motifs is 1. The fourth-order valence-electron chi connectivity index (χ4n) is 2.59. The minimum Gasteiger partial charge on any atom is -0.479 e. The smallest absolute Gasteiger partial charge is 0.347 e. The number of benzene rings is 3. The highest BCUT2D eigenvalue weighted by Gasteiger charge is 2.23. The molecule has 0 aliphatic heterocycles. The summed E-state index contributed by atoms with van der Waals surface area (Å²) in [5.74, 6) is -0.430. The summed E-state index contributed by atoms with van der Waals surface area (Å²) < 4.78 is 10.7. The molecule has 3 rings (SSSR count). The number of anilines is 1. The van der Waals surface area contributed by atoms with E-state index in [0.29, 0.717) is 11.4 Å². The largest absolute Gasteiger partial charge is 0.479 e. The summed E-state index contributed by atoms with van der Waals surface area (Å²) in [6.45, 7) is 3.12. The van der Waals surface area contributed by atoms with E-state index in [2.05, 4.69) is 5.32 Å². The van der Waals surface area contributed by atoms with E-state index in [1.165, 1.54) is 6.92 Å². The van der Waals surface area contributed by atoms with Crippen LogP contribution in [0, 0.1) is 0 Å². The molecule has 5 heteroatoms. The maximum atomic E-state index is 12.3. The number of hydrogen-bond donors (Lipinski definition) is 1. The third kappa shape index (κ3) is 4.85. The standard InChI is InChI=1S/C22H21NO4/c1-15(27-22(25)16(2)26-20-10-4-3-5-11-20)21(24)23-19-13-12-17-8-6-7-9-18(17)14-19/h3-16H,1-2H3,(H,23,24)/t15-,16+/m0/s1. The Kier molecular flexibility index (Phi) is 5.71. The number of amides is 1. The first-order valence-electron chi connectivity index (χ1n) is 8.75. The van der Waals surface area contributed by atoms with Crippen LogP contribution in [-0.4, -0.2) is 24.1 Å². The molecule has 1 amide bonds. The van der Waals surface area contributed by atoms with Crippen LogP contribution >= 0.6 is 0 Å². The third-order valence-electron chi connectivity index (χ3n) is 4.07. The van der Waals surface area contributed by atoms with Gasteiger partial charge in [0.2, 0.25) is 0 Å². The zero-order chi connectivity index (χ0) is 19.2. The van der Waals surface area contributed by atoms with Gasteiger partial charge in [0.25, 0.3) is 5.91 Å². The second-order valence-corrected chi connectivity index (χ2v) is 6.20. The number of hydrogen-bond acceptors (Lipinski definition) is 4. The molecule has 5 nitrogen and oxygen atoms in total. The molecule has 0 saturated heterocycles. The maximum Gasteiger partial charge on any atom is 0.347 e. The third-order valence-corrected chi connectivity index (χ3v) is 4.07. The van der Waals surface area contributed by atoms with Gasteiger partial charge >= 0.3 is 5.97 Å². The number of nitrogens with one attached hydrogen (secondary N) is 1. The molecule has 0 aliphatic carbocycles. The van der Waals surface area contributed by atoms with Crippen molar-refractivity contribution in [1.29, 1.82) is 0 Å². The summed E-state index contributed by atoms with van der Waals surface area (Å²) >= 11 is 0. The van der Waals surface area contributed by atoms with Crippen LogP contribution in [0.3, 0.4) is 0 Å². The molecule has 3 aromatic carbocycles. The molecule has 0 radical (unpaired) electrons. The molecule has 3 aromatic rings. The molecular weight excluding hydrogens is 342 g/mol. The van der Waals surface area contributed by atoms with Crippen molar-refractivity contribution in [1.82, 2.24) is 0 Å². The average Bonchev–Trinajstić information content (AvgIpc) is 2.68. The van der Waals surface area contributed by atoms with E-state index in [1.807, 2.05) is 60.7 Å². The molecule has 0 saturated carbocycles. The van der Waals surface area contributed by atoms with Crippen LogP contribution < -0.4 is 10.1 Å². The Morgan fingerprint density at radius 3 is 2.22 bits per heavy atom. The van der Waals surface area contributed by atoms with Gasteiger partial charge in [-0.1, -0.05) is 48.5 Å². The predicted octanol–water partition coefficient (Wildman–Crippen LogP) is 4.18. The van der Waals surface area contributed by atoms with Crippen LogP contribution in [0.25, 0.3) is 10.8 Å². The molecule has 0 spiro atoms. The molecule has 0 fully saturated rings. The first-order chi connectivity index (χ1) is 13.0. The number of carbonyl (C=O) groups excluding carboxylic acids is 2. The van der Waals surface area contributed by atoms with Gasteiger partial charge in [0, 0.05) is 5.69 Å². The topological polar surface area (TPSA) is 64.6 Å². The van der Waals surface area contributed by atoms with Crippen LogP contribution in [0.2, 0.25) is 0 Å². The van der Waals surface area contributed by atoms with Gasteiger partial charge in [-0.05, 0) is 48.9 Å². The van der Waals surface area contributed by atoms with E-state index in [4.69, 9.17) is 9.47 Å². The molecule has 1 N–H and O–H groups in total. The zero-order valence-corrected chi connectivity index (χ0v) is 15.2. The number of para-hydroxylation sites is 1. The summed E-state index contributed by atoms with van der Waals surface area (Å²) in [7, 11) is 0. The minimum absolute atomic E-state index is 0.398. The zero-order valence-electron chi connectivity index (χ0n) is 15.2. The van der Waals surface area contributed by atoms with Crippen LogP contribution in [0.4, 0.5) is 5.69 Å². The van der Waals surface area contributed by atoms with Gasteiger partial charge in [-0.2, -0.15) is 0 Å². The Bertz CT molecular complexity index is 939. The second-order valence-electron chi connectivity index (χ2n) is 6.20. The van der Waals surface area contributed by atoms with Crippen molar-refractivity contribution in [3.8, 4) is 5.75 Å². The van der Waals surface area contributed by atoms with E-state index < -0.39 is 24.1 Å². The average molecular weight is 363 g/mol. The molecule has 0 unspecified atom stereocenters. The number of rotatable bonds is 6. The Labute approximate surface area is 157 Å². The summed E-state index contributed by atoms with van der Waals surface area (Å²) in [5, 5.41) is 4.87. The molecular formula is C22H21NO4. The second kappa shape index (κ2) is 8.36. The van der Waals surface area contributed by atoms with E-state index in [-0.39, 0.29) is 0 Å².